The summed E-state index contributed by atoms with van der Waals surface area (Å²) in [7, 11) is 3.48. The molecule has 0 aliphatic rings. The van der Waals surface area contributed by atoms with Crippen molar-refractivity contribution in [3.8, 4) is 0 Å². The standard InChI is InChI=1S/C24H29FN4O4/c1-27-12-5-8-19(27)16-29(17-20-9-6-15-33-20)23(30)18-28(13-7-14-32-2)24(31)26-22-11-4-3-10-21(22)25/h3-6,8-12,15H,7,13-14,16-18H2,1-2H3,(H,26,31). The van der Waals surface area contributed by atoms with Gasteiger partial charge in [-0.1, -0.05) is 12.1 Å². The number of amides is 3. The molecule has 0 spiro atoms. The van der Waals surface area contributed by atoms with Gasteiger partial charge in [-0.3, -0.25) is 4.79 Å². The summed E-state index contributed by atoms with van der Waals surface area (Å²) in [5, 5.41) is 2.56. The highest BCUT2D eigenvalue weighted by Gasteiger charge is 2.23. The van der Waals surface area contributed by atoms with Crippen molar-refractivity contribution in [2.24, 2.45) is 7.05 Å². The van der Waals surface area contributed by atoms with Gasteiger partial charge in [-0.2, -0.15) is 0 Å². The van der Waals surface area contributed by atoms with E-state index in [9.17, 15) is 14.0 Å². The summed E-state index contributed by atoms with van der Waals surface area (Å²) in [5.74, 6) is -0.162. The molecule has 2 heterocycles. The third-order valence-corrected chi connectivity index (χ3v) is 5.19. The number of urea groups is 1. The Balaban J connectivity index is 1.75. The SMILES string of the molecule is COCCCN(CC(=O)N(Cc1ccco1)Cc1cccn1C)C(=O)Nc1ccccc1F. The van der Waals surface area contributed by atoms with Crippen molar-refractivity contribution in [3.05, 3.63) is 78.3 Å². The molecule has 3 amide bonds. The van der Waals surface area contributed by atoms with Crippen LogP contribution in [-0.4, -0.2) is 53.1 Å². The van der Waals surface area contributed by atoms with Gasteiger partial charge in [0.15, 0.2) is 0 Å². The lowest BCUT2D eigenvalue weighted by Gasteiger charge is -2.27. The Morgan fingerprint density at radius 2 is 1.91 bits per heavy atom. The molecule has 0 radical (unpaired) electrons. The van der Waals surface area contributed by atoms with Gasteiger partial charge in [0.25, 0.3) is 0 Å². The third kappa shape index (κ3) is 6.95. The Bertz CT molecular complexity index is 1030. The lowest BCUT2D eigenvalue weighted by Crippen LogP contribution is -2.45. The van der Waals surface area contributed by atoms with E-state index in [0.717, 1.165) is 5.69 Å². The Kier molecular flexibility index (Phi) is 8.65. The van der Waals surface area contributed by atoms with Crippen LogP contribution in [0.2, 0.25) is 0 Å². The van der Waals surface area contributed by atoms with Crippen molar-refractivity contribution in [1.29, 1.82) is 0 Å². The second-order valence-electron chi connectivity index (χ2n) is 7.62. The van der Waals surface area contributed by atoms with Crippen molar-refractivity contribution in [2.75, 3.05) is 32.1 Å². The van der Waals surface area contributed by atoms with Gasteiger partial charge < -0.3 is 28.8 Å². The predicted molar refractivity (Wildman–Crippen MR) is 122 cm³/mol. The number of aryl methyl sites for hydroxylation is 1. The summed E-state index contributed by atoms with van der Waals surface area (Å²) in [4.78, 5) is 29.2. The lowest BCUT2D eigenvalue weighted by atomic mass is 10.3. The van der Waals surface area contributed by atoms with Crippen LogP contribution < -0.4 is 5.32 Å². The molecule has 0 unspecified atom stereocenters. The van der Waals surface area contributed by atoms with Gasteiger partial charge in [-0.25, -0.2) is 9.18 Å². The first-order valence-corrected chi connectivity index (χ1v) is 10.7. The Morgan fingerprint density at radius 3 is 2.58 bits per heavy atom. The van der Waals surface area contributed by atoms with Gasteiger partial charge in [-0.15, -0.1) is 0 Å². The Hall–Kier alpha value is -3.59. The van der Waals surface area contributed by atoms with Crippen molar-refractivity contribution in [2.45, 2.75) is 19.5 Å². The predicted octanol–water partition coefficient (Wildman–Crippen LogP) is 3.86. The topological polar surface area (TPSA) is 80.0 Å². The van der Waals surface area contributed by atoms with Crippen molar-refractivity contribution < 1.29 is 23.1 Å². The Labute approximate surface area is 192 Å². The number of carbonyl (C=O) groups excluding carboxylic acids is 2. The highest BCUT2D eigenvalue weighted by molar-refractivity contribution is 5.92. The second-order valence-corrected chi connectivity index (χ2v) is 7.62. The number of furan rings is 1. The molecule has 0 atom stereocenters. The number of rotatable bonds is 11. The van der Waals surface area contributed by atoms with Crippen LogP contribution in [0.5, 0.6) is 0 Å². The van der Waals surface area contributed by atoms with Crippen molar-refractivity contribution in [3.63, 3.8) is 0 Å². The number of aromatic nitrogens is 1. The molecule has 3 aromatic rings. The van der Waals surface area contributed by atoms with Crippen LogP contribution in [0.1, 0.15) is 17.9 Å². The fraction of sp³-hybridized carbons (Fsp3) is 0.333. The maximum absolute atomic E-state index is 14.0. The fourth-order valence-electron chi connectivity index (χ4n) is 3.35. The fourth-order valence-corrected chi connectivity index (χ4v) is 3.35. The molecule has 2 aromatic heterocycles. The monoisotopic (exact) mass is 456 g/mol. The Morgan fingerprint density at radius 1 is 1.09 bits per heavy atom. The van der Waals surface area contributed by atoms with E-state index in [-0.39, 0.29) is 31.2 Å². The van der Waals surface area contributed by atoms with E-state index in [0.29, 0.717) is 25.3 Å². The zero-order chi connectivity index (χ0) is 23.6. The van der Waals surface area contributed by atoms with Crippen LogP contribution in [0.3, 0.4) is 0 Å². The minimum atomic E-state index is -0.554. The number of anilines is 1. The smallest absolute Gasteiger partial charge is 0.322 e. The van der Waals surface area contributed by atoms with Crippen LogP contribution in [0.25, 0.3) is 0 Å². The molecule has 1 aromatic carbocycles. The maximum Gasteiger partial charge on any atom is 0.322 e. The highest BCUT2D eigenvalue weighted by Crippen LogP contribution is 2.15. The quantitative estimate of drug-likeness (QED) is 0.445. The van der Waals surface area contributed by atoms with Crippen LogP contribution in [0.15, 0.2) is 65.4 Å². The van der Waals surface area contributed by atoms with Gasteiger partial charge >= 0.3 is 6.03 Å². The molecule has 176 valence electrons. The second kappa shape index (κ2) is 11.9. The summed E-state index contributed by atoms with van der Waals surface area (Å²) >= 11 is 0. The molecule has 3 rings (SSSR count). The number of methoxy groups -OCH3 is 1. The summed E-state index contributed by atoms with van der Waals surface area (Å²) in [6.45, 7) is 1.15. The molecular formula is C24H29FN4O4. The number of hydrogen-bond donors (Lipinski definition) is 1. The van der Waals surface area contributed by atoms with Gasteiger partial charge in [-0.05, 0) is 42.8 Å². The number of para-hydroxylation sites is 1. The molecule has 8 nitrogen and oxygen atoms in total. The number of ether oxygens (including phenoxy) is 1. The number of hydrogen-bond acceptors (Lipinski definition) is 4. The molecule has 0 bridgehead atoms. The molecule has 9 heteroatoms. The van der Waals surface area contributed by atoms with E-state index in [2.05, 4.69) is 5.32 Å². The van der Waals surface area contributed by atoms with Gasteiger partial charge in [0.1, 0.15) is 18.1 Å². The first-order valence-electron chi connectivity index (χ1n) is 10.7. The first kappa shape index (κ1) is 24.1. The average Bonchev–Trinajstić information content (AvgIpc) is 3.46. The van der Waals surface area contributed by atoms with E-state index >= 15 is 0 Å². The van der Waals surface area contributed by atoms with Gasteiger partial charge in [0.05, 0.1) is 25.0 Å². The number of benzene rings is 1. The number of carbonyl (C=O) groups is 2. The minimum absolute atomic E-state index is 0.0583. The van der Waals surface area contributed by atoms with E-state index in [1.54, 1.807) is 42.5 Å². The molecular weight excluding hydrogens is 427 g/mol. The van der Waals surface area contributed by atoms with E-state index < -0.39 is 11.8 Å². The average molecular weight is 457 g/mol. The summed E-state index contributed by atoms with van der Waals surface area (Å²) in [6.07, 6.45) is 3.99. The summed E-state index contributed by atoms with van der Waals surface area (Å²) < 4.78 is 26.5. The summed E-state index contributed by atoms with van der Waals surface area (Å²) in [6, 6.07) is 12.8. The number of nitrogens with zero attached hydrogens (tertiary/aromatic N) is 3. The zero-order valence-electron chi connectivity index (χ0n) is 18.9. The van der Waals surface area contributed by atoms with Crippen LogP contribution in [-0.2, 0) is 29.7 Å². The lowest BCUT2D eigenvalue weighted by molar-refractivity contribution is -0.133. The molecule has 0 aliphatic carbocycles. The largest absolute Gasteiger partial charge is 0.467 e. The van der Waals surface area contributed by atoms with Crippen LogP contribution >= 0.6 is 0 Å². The third-order valence-electron chi connectivity index (χ3n) is 5.19. The van der Waals surface area contributed by atoms with Crippen LogP contribution in [0, 0.1) is 5.82 Å². The van der Waals surface area contributed by atoms with E-state index in [1.807, 2.05) is 29.9 Å². The van der Waals surface area contributed by atoms with E-state index in [4.69, 9.17) is 9.15 Å². The normalized spacial score (nSPS) is 10.8. The van der Waals surface area contributed by atoms with Crippen molar-refractivity contribution >= 4 is 17.6 Å². The van der Waals surface area contributed by atoms with Gasteiger partial charge in [0.2, 0.25) is 5.91 Å². The molecule has 0 aliphatic heterocycles. The van der Waals surface area contributed by atoms with E-state index in [1.165, 1.54) is 17.0 Å². The zero-order valence-corrected chi connectivity index (χ0v) is 18.9. The number of halogens is 1. The van der Waals surface area contributed by atoms with Gasteiger partial charge in [0, 0.05) is 39.2 Å². The van der Waals surface area contributed by atoms with Crippen LogP contribution in [0.4, 0.5) is 14.9 Å². The number of nitrogens with one attached hydrogen (secondary N) is 1. The molecule has 33 heavy (non-hydrogen) atoms. The maximum atomic E-state index is 14.0. The first-order chi connectivity index (χ1) is 16.0. The van der Waals surface area contributed by atoms with Crippen molar-refractivity contribution in [1.82, 2.24) is 14.4 Å². The molecule has 0 saturated heterocycles. The minimum Gasteiger partial charge on any atom is -0.467 e. The highest BCUT2D eigenvalue weighted by atomic mass is 19.1. The molecule has 0 fully saturated rings. The molecule has 0 saturated carbocycles. The molecule has 1 N–H and O–H groups in total. The summed E-state index contributed by atoms with van der Waals surface area (Å²) in [5.41, 5.74) is 1.000.